The number of nitrogens with one attached hydrogen (secondary N) is 1. The van der Waals surface area contributed by atoms with Crippen LogP contribution in [0.15, 0.2) is 72.8 Å². The minimum absolute atomic E-state index is 0.0588. The number of aryl methyl sites for hydroxylation is 1. The standard InChI is InChI=1S/C27H33NO4/c1-20(28-17-7-10-21-11-16-25(30-2)26(18-21)31-3)27(29)23-12-14-24(15-13-23)32-19-22-8-5-4-6-9-22/h4-6,8-9,11-16,18,20,27-29H,7,10,17,19H2,1-3H3. The van der Waals surface area contributed by atoms with E-state index in [4.69, 9.17) is 14.2 Å². The first-order valence-corrected chi connectivity index (χ1v) is 11.0. The van der Waals surface area contributed by atoms with E-state index in [0.29, 0.717) is 6.61 Å². The lowest BCUT2D eigenvalue weighted by Gasteiger charge is -2.21. The zero-order chi connectivity index (χ0) is 22.8. The van der Waals surface area contributed by atoms with Gasteiger partial charge in [0.2, 0.25) is 0 Å². The van der Waals surface area contributed by atoms with Crippen molar-refractivity contribution in [1.82, 2.24) is 5.32 Å². The Morgan fingerprint density at radius 1 is 0.844 bits per heavy atom. The summed E-state index contributed by atoms with van der Waals surface area (Å²) in [4.78, 5) is 0. The second-order valence-corrected chi connectivity index (χ2v) is 7.82. The van der Waals surface area contributed by atoms with E-state index < -0.39 is 6.10 Å². The van der Waals surface area contributed by atoms with Gasteiger partial charge in [0.25, 0.3) is 0 Å². The summed E-state index contributed by atoms with van der Waals surface area (Å²) in [6, 6.07) is 23.7. The van der Waals surface area contributed by atoms with Crippen LogP contribution in [0.4, 0.5) is 0 Å². The van der Waals surface area contributed by atoms with Crippen molar-refractivity contribution in [3.05, 3.63) is 89.5 Å². The fraction of sp³-hybridized carbons (Fsp3) is 0.333. The van der Waals surface area contributed by atoms with E-state index in [2.05, 4.69) is 11.4 Å². The lowest BCUT2D eigenvalue weighted by Crippen LogP contribution is -2.33. The van der Waals surface area contributed by atoms with E-state index >= 15 is 0 Å². The Balaban J connectivity index is 1.42. The molecule has 2 unspecified atom stereocenters. The molecule has 5 heteroatoms. The van der Waals surface area contributed by atoms with Crippen LogP contribution in [-0.4, -0.2) is 31.9 Å². The molecule has 3 rings (SSSR count). The third kappa shape index (κ3) is 6.74. The maximum absolute atomic E-state index is 10.7. The maximum atomic E-state index is 10.7. The Hall–Kier alpha value is -3.02. The van der Waals surface area contributed by atoms with Crippen LogP contribution < -0.4 is 19.5 Å². The van der Waals surface area contributed by atoms with E-state index in [0.717, 1.165) is 47.8 Å². The highest BCUT2D eigenvalue weighted by molar-refractivity contribution is 5.42. The molecule has 3 aromatic carbocycles. The summed E-state index contributed by atoms with van der Waals surface area (Å²) in [6.45, 7) is 3.34. The molecule has 0 saturated heterocycles. The molecule has 0 radical (unpaired) electrons. The molecule has 0 aliphatic heterocycles. The lowest BCUT2D eigenvalue weighted by molar-refractivity contribution is 0.136. The molecule has 0 saturated carbocycles. The van der Waals surface area contributed by atoms with Crippen molar-refractivity contribution in [3.63, 3.8) is 0 Å². The first-order chi connectivity index (χ1) is 15.6. The van der Waals surface area contributed by atoms with Gasteiger partial charge < -0.3 is 24.6 Å². The van der Waals surface area contributed by atoms with Gasteiger partial charge in [-0.1, -0.05) is 48.5 Å². The van der Waals surface area contributed by atoms with Gasteiger partial charge in [0, 0.05) is 6.04 Å². The maximum Gasteiger partial charge on any atom is 0.160 e. The SMILES string of the molecule is COc1ccc(CCCNC(C)C(O)c2ccc(OCc3ccccc3)cc2)cc1OC. The van der Waals surface area contributed by atoms with Gasteiger partial charge in [-0.15, -0.1) is 0 Å². The Morgan fingerprint density at radius 2 is 1.56 bits per heavy atom. The molecule has 32 heavy (non-hydrogen) atoms. The van der Waals surface area contributed by atoms with Gasteiger partial charge in [-0.05, 0) is 67.3 Å². The number of rotatable bonds is 12. The number of benzene rings is 3. The molecular formula is C27H33NO4. The lowest BCUT2D eigenvalue weighted by atomic mass is 10.0. The van der Waals surface area contributed by atoms with E-state index in [1.807, 2.05) is 73.7 Å². The normalized spacial score (nSPS) is 12.8. The highest BCUT2D eigenvalue weighted by atomic mass is 16.5. The Kier molecular flexibility index (Phi) is 8.96. The number of aliphatic hydroxyl groups excluding tert-OH is 1. The van der Waals surface area contributed by atoms with Crippen LogP contribution in [0.5, 0.6) is 17.2 Å². The molecule has 0 fully saturated rings. The summed E-state index contributed by atoms with van der Waals surface area (Å²) in [5.41, 5.74) is 3.20. The minimum atomic E-state index is -0.584. The van der Waals surface area contributed by atoms with Gasteiger partial charge in [0.1, 0.15) is 12.4 Å². The smallest absolute Gasteiger partial charge is 0.160 e. The van der Waals surface area contributed by atoms with E-state index in [-0.39, 0.29) is 6.04 Å². The monoisotopic (exact) mass is 435 g/mol. The van der Waals surface area contributed by atoms with Crippen molar-refractivity contribution >= 4 is 0 Å². The third-order valence-corrected chi connectivity index (χ3v) is 5.50. The van der Waals surface area contributed by atoms with E-state index in [9.17, 15) is 5.11 Å². The van der Waals surface area contributed by atoms with Crippen LogP contribution in [0, 0.1) is 0 Å². The number of ether oxygens (including phenoxy) is 3. The summed E-state index contributed by atoms with van der Waals surface area (Å²) < 4.78 is 16.5. The van der Waals surface area contributed by atoms with Crippen LogP contribution in [0.2, 0.25) is 0 Å². The molecule has 2 atom stereocenters. The van der Waals surface area contributed by atoms with Gasteiger partial charge in [0.05, 0.1) is 20.3 Å². The van der Waals surface area contributed by atoms with E-state index in [1.54, 1.807) is 14.2 Å². The zero-order valence-corrected chi connectivity index (χ0v) is 19.1. The molecule has 0 aliphatic carbocycles. The van der Waals surface area contributed by atoms with E-state index in [1.165, 1.54) is 5.56 Å². The quantitative estimate of drug-likeness (QED) is 0.395. The van der Waals surface area contributed by atoms with Crippen LogP contribution >= 0.6 is 0 Å². The largest absolute Gasteiger partial charge is 0.493 e. The molecule has 5 nitrogen and oxygen atoms in total. The van der Waals surface area contributed by atoms with Gasteiger partial charge in [-0.3, -0.25) is 0 Å². The average molecular weight is 436 g/mol. The van der Waals surface area contributed by atoms with Crippen LogP contribution in [-0.2, 0) is 13.0 Å². The molecule has 3 aromatic rings. The van der Waals surface area contributed by atoms with Crippen molar-refractivity contribution in [2.45, 2.75) is 38.5 Å². The molecule has 0 amide bonds. The number of methoxy groups -OCH3 is 2. The van der Waals surface area contributed by atoms with Crippen molar-refractivity contribution in [2.75, 3.05) is 20.8 Å². The van der Waals surface area contributed by atoms with Crippen molar-refractivity contribution in [2.24, 2.45) is 0 Å². The third-order valence-electron chi connectivity index (χ3n) is 5.50. The second kappa shape index (κ2) is 12.1. The molecule has 0 aliphatic rings. The highest BCUT2D eigenvalue weighted by Crippen LogP contribution is 2.28. The van der Waals surface area contributed by atoms with Crippen molar-refractivity contribution in [3.8, 4) is 17.2 Å². The molecule has 0 heterocycles. The van der Waals surface area contributed by atoms with Crippen molar-refractivity contribution in [1.29, 1.82) is 0 Å². The molecule has 0 bridgehead atoms. The fourth-order valence-corrected chi connectivity index (χ4v) is 3.56. The molecule has 2 N–H and O–H groups in total. The zero-order valence-electron chi connectivity index (χ0n) is 19.1. The summed E-state index contributed by atoms with van der Waals surface area (Å²) in [5.74, 6) is 2.28. The Bertz CT molecular complexity index is 944. The van der Waals surface area contributed by atoms with Gasteiger partial charge >= 0.3 is 0 Å². The predicted octanol–water partition coefficient (Wildman–Crippen LogP) is 4.93. The van der Waals surface area contributed by atoms with Crippen LogP contribution in [0.25, 0.3) is 0 Å². The second-order valence-electron chi connectivity index (χ2n) is 7.82. The topological polar surface area (TPSA) is 60.0 Å². The highest BCUT2D eigenvalue weighted by Gasteiger charge is 2.16. The summed E-state index contributed by atoms with van der Waals surface area (Å²) in [5, 5.41) is 14.1. The fourth-order valence-electron chi connectivity index (χ4n) is 3.56. The van der Waals surface area contributed by atoms with Crippen LogP contribution in [0.1, 0.15) is 36.1 Å². The summed E-state index contributed by atoms with van der Waals surface area (Å²) in [7, 11) is 3.29. The summed E-state index contributed by atoms with van der Waals surface area (Å²) >= 11 is 0. The Labute approximate surface area is 191 Å². The van der Waals surface area contributed by atoms with Gasteiger partial charge in [-0.2, -0.15) is 0 Å². The molecule has 0 aromatic heterocycles. The first-order valence-electron chi connectivity index (χ1n) is 11.0. The Morgan fingerprint density at radius 3 is 2.25 bits per heavy atom. The molecular weight excluding hydrogens is 402 g/mol. The van der Waals surface area contributed by atoms with Crippen LogP contribution in [0.3, 0.4) is 0 Å². The number of hydrogen-bond donors (Lipinski definition) is 2. The van der Waals surface area contributed by atoms with Gasteiger partial charge in [0.15, 0.2) is 11.5 Å². The average Bonchev–Trinajstić information content (AvgIpc) is 2.85. The molecule has 0 spiro atoms. The molecule has 170 valence electrons. The van der Waals surface area contributed by atoms with Crippen molar-refractivity contribution < 1.29 is 19.3 Å². The predicted molar refractivity (Wildman–Crippen MR) is 128 cm³/mol. The number of aliphatic hydroxyl groups is 1. The summed E-state index contributed by atoms with van der Waals surface area (Å²) in [6.07, 6.45) is 1.29. The first kappa shape index (κ1) is 23.6. The number of hydrogen-bond acceptors (Lipinski definition) is 5. The minimum Gasteiger partial charge on any atom is -0.493 e. The van der Waals surface area contributed by atoms with Gasteiger partial charge in [-0.25, -0.2) is 0 Å².